The third-order valence-corrected chi connectivity index (χ3v) is 5.01. The van der Waals surface area contributed by atoms with Crippen LogP contribution < -0.4 is 19.5 Å². The van der Waals surface area contributed by atoms with Crippen molar-refractivity contribution >= 4 is 11.7 Å². The number of hydrogen-bond donors (Lipinski definition) is 1. The number of rotatable bonds is 5. The lowest BCUT2D eigenvalue weighted by molar-refractivity contribution is -0.116. The zero-order valence-corrected chi connectivity index (χ0v) is 16.5. The van der Waals surface area contributed by atoms with Crippen LogP contribution in [0.1, 0.15) is 23.6 Å². The maximum absolute atomic E-state index is 13.7. The van der Waals surface area contributed by atoms with Gasteiger partial charge in [-0.05, 0) is 18.2 Å². The molecule has 0 spiro atoms. The van der Waals surface area contributed by atoms with Crippen LogP contribution in [0.4, 0.5) is 14.6 Å². The molecule has 1 atom stereocenters. The van der Waals surface area contributed by atoms with Crippen molar-refractivity contribution < 1.29 is 27.8 Å². The number of aromatic nitrogens is 2. The number of methoxy groups -OCH3 is 3. The van der Waals surface area contributed by atoms with Crippen molar-refractivity contribution in [3.63, 3.8) is 0 Å². The van der Waals surface area contributed by atoms with Crippen molar-refractivity contribution in [2.45, 2.75) is 12.3 Å². The predicted octanol–water partition coefficient (Wildman–Crippen LogP) is 3.65. The summed E-state index contributed by atoms with van der Waals surface area (Å²) in [5.74, 6) is -0.519. The number of benzene rings is 2. The highest BCUT2D eigenvalue weighted by molar-refractivity contribution is 5.94. The molecule has 0 fully saturated rings. The van der Waals surface area contributed by atoms with Crippen LogP contribution in [0.2, 0.25) is 0 Å². The van der Waals surface area contributed by atoms with Crippen LogP contribution in [-0.4, -0.2) is 36.8 Å². The van der Waals surface area contributed by atoms with Gasteiger partial charge < -0.3 is 19.5 Å². The number of carbonyl (C=O) groups excluding carboxylic acids is 1. The molecule has 1 N–H and O–H groups in total. The van der Waals surface area contributed by atoms with E-state index >= 15 is 0 Å². The summed E-state index contributed by atoms with van der Waals surface area (Å²) in [6.07, 6.45) is 1.54. The second-order valence-corrected chi connectivity index (χ2v) is 6.70. The van der Waals surface area contributed by atoms with Gasteiger partial charge in [-0.15, -0.1) is 0 Å². The molecule has 30 heavy (non-hydrogen) atoms. The number of fused-ring (bicyclic) bond motifs is 1. The summed E-state index contributed by atoms with van der Waals surface area (Å²) < 4.78 is 45.2. The molecule has 0 aliphatic carbocycles. The molecule has 7 nitrogen and oxygen atoms in total. The average Bonchev–Trinajstić information content (AvgIpc) is 3.14. The summed E-state index contributed by atoms with van der Waals surface area (Å²) in [5, 5.41) is 2.75. The normalized spacial score (nSPS) is 15.4. The van der Waals surface area contributed by atoms with E-state index in [0.717, 1.165) is 18.2 Å². The Morgan fingerprint density at radius 1 is 1.03 bits per heavy atom. The largest absolute Gasteiger partial charge is 0.493 e. The standard InChI is InChI=1S/C21H19F2N3O4/c1-28-16-5-4-14(19(29-2)20(16)30-3)15-9-17(27)25-21-18(15)24-10-26(21)13-7-11(22)6-12(23)8-13/h4-8,10,15H,9H2,1-3H3,(H,25,27)/t15-/m1/s1. The Balaban J connectivity index is 1.87. The summed E-state index contributed by atoms with van der Waals surface area (Å²) in [7, 11) is 4.51. The SMILES string of the molecule is COc1ccc([C@H]2CC(=O)Nc3c2ncn3-c2cc(F)cc(F)c2)c(OC)c1OC. The Hall–Kier alpha value is -3.62. The average molecular weight is 415 g/mol. The van der Waals surface area contributed by atoms with E-state index in [2.05, 4.69) is 10.3 Å². The topological polar surface area (TPSA) is 74.6 Å². The van der Waals surface area contributed by atoms with Crippen LogP contribution in [0.15, 0.2) is 36.7 Å². The predicted molar refractivity (Wildman–Crippen MR) is 105 cm³/mol. The van der Waals surface area contributed by atoms with E-state index in [0.29, 0.717) is 34.3 Å². The van der Waals surface area contributed by atoms with Crippen LogP contribution >= 0.6 is 0 Å². The number of hydrogen-bond acceptors (Lipinski definition) is 5. The Labute approximate surface area is 171 Å². The van der Waals surface area contributed by atoms with E-state index in [1.807, 2.05) is 0 Å². The molecule has 1 aromatic heterocycles. The molecule has 4 rings (SSSR count). The lowest BCUT2D eigenvalue weighted by atomic mass is 9.88. The second-order valence-electron chi connectivity index (χ2n) is 6.70. The van der Waals surface area contributed by atoms with Gasteiger partial charge in [0, 0.05) is 24.0 Å². The third kappa shape index (κ3) is 3.22. The van der Waals surface area contributed by atoms with E-state index < -0.39 is 17.6 Å². The molecule has 2 aromatic carbocycles. The number of anilines is 1. The Bertz CT molecular complexity index is 1110. The van der Waals surface area contributed by atoms with Gasteiger partial charge >= 0.3 is 0 Å². The molecule has 2 heterocycles. The van der Waals surface area contributed by atoms with E-state index in [1.165, 1.54) is 32.2 Å². The molecule has 1 amide bonds. The Morgan fingerprint density at radius 3 is 2.37 bits per heavy atom. The minimum atomic E-state index is -0.729. The number of imidazole rings is 1. The fourth-order valence-corrected chi connectivity index (χ4v) is 3.74. The summed E-state index contributed by atoms with van der Waals surface area (Å²) in [4.78, 5) is 16.9. The minimum Gasteiger partial charge on any atom is -0.493 e. The van der Waals surface area contributed by atoms with Crippen molar-refractivity contribution in [2.75, 3.05) is 26.6 Å². The van der Waals surface area contributed by atoms with Crippen molar-refractivity contribution in [1.29, 1.82) is 0 Å². The maximum atomic E-state index is 13.7. The zero-order chi connectivity index (χ0) is 21.4. The van der Waals surface area contributed by atoms with Gasteiger partial charge in [-0.3, -0.25) is 9.36 Å². The Kier molecular flexibility index (Phi) is 5.03. The number of carbonyl (C=O) groups is 1. The van der Waals surface area contributed by atoms with Crippen molar-refractivity contribution in [3.05, 3.63) is 59.6 Å². The van der Waals surface area contributed by atoms with Crippen molar-refractivity contribution in [2.24, 2.45) is 0 Å². The van der Waals surface area contributed by atoms with Gasteiger partial charge in [0.1, 0.15) is 23.8 Å². The molecule has 1 aliphatic heterocycles. The number of amides is 1. The molecule has 156 valence electrons. The lowest BCUT2D eigenvalue weighted by Gasteiger charge is -2.25. The monoisotopic (exact) mass is 415 g/mol. The smallest absolute Gasteiger partial charge is 0.226 e. The number of halogens is 2. The lowest BCUT2D eigenvalue weighted by Crippen LogP contribution is -2.25. The number of ether oxygens (including phenoxy) is 3. The van der Waals surface area contributed by atoms with Gasteiger partial charge in [-0.25, -0.2) is 13.8 Å². The Morgan fingerprint density at radius 2 is 1.73 bits per heavy atom. The fraction of sp³-hybridized carbons (Fsp3) is 0.238. The quantitative estimate of drug-likeness (QED) is 0.689. The van der Waals surface area contributed by atoms with Gasteiger partial charge in [-0.1, -0.05) is 6.07 Å². The van der Waals surface area contributed by atoms with E-state index in [-0.39, 0.29) is 18.0 Å². The highest BCUT2D eigenvalue weighted by atomic mass is 19.1. The molecule has 0 saturated carbocycles. The summed E-state index contributed by atoms with van der Waals surface area (Å²) in [6.45, 7) is 0. The van der Waals surface area contributed by atoms with Crippen molar-refractivity contribution in [1.82, 2.24) is 9.55 Å². The van der Waals surface area contributed by atoms with Crippen LogP contribution in [0, 0.1) is 11.6 Å². The molecule has 9 heteroatoms. The van der Waals surface area contributed by atoms with Gasteiger partial charge in [-0.2, -0.15) is 0 Å². The first-order chi connectivity index (χ1) is 14.5. The summed E-state index contributed by atoms with van der Waals surface area (Å²) >= 11 is 0. The molecule has 1 aliphatic rings. The molecule has 0 bridgehead atoms. The third-order valence-electron chi connectivity index (χ3n) is 5.01. The van der Waals surface area contributed by atoms with Gasteiger partial charge in [0.2, 0.25) is 11.7 Å². The molecule has 3 aromatic rings. The first-order valence-corrected chi connectivity index (χ1v) is 9.09. The van der Waals surface area contributed by atoms with E-state index in [4.69, 9.17) is 14.2 Å². The van der Waals surface area contributed by atoms with Crippen molar-refractivity contribution in [3.8, 4) is 22.9 Å². The van der Waals surface area contributed by atoms with Crippen LogP contribution in [0.5, 0.6) is 17.2 Å². The van der Waals surface area contributed by atoms with Crippen LogP contribution in [-0.2, 0) is 4.79 Å². The molecule has 0 saturated heterocycles. The summed E-state index contributed by atoms with van der Waals surface area (Å²) in [6, 6.07) is 6.62. The zero-order valence-electron chi connectivity index (χ0n) is 16.5. The van der Waals surface area contributed by atoms with E-state index in [9.17, 15) is 13.6 Å². The number of nitrogens with one attached hydrogen (secondary N) is 1. The fourth-order valence-electron chi connectivity index (χ4n) is 3.74. The molecule has 0 unspecified atom stereocenters. The minimum absolute atomic E-state index is 0.118. The highest BCUT2D eigenvalue weighted by Crippen LogP contribution is 2.47. The maximum Gasteiger partial charge on any atom is 0.226 e. The van der Waals surface area contributed by atoms with Gasteiger partial charge in [0.15, 0.2) is 11.5 Å². The highest BCUT2D eigenvalue weighted by Gasteiger charge is 2.34. The molecular formula is C21H19F2N3O4. The first-order valence-electron chi connectivity index (χ1n) is 9.09. The van der Waals surface area contributed by atoms with Gasteiger partial charge in [0.05, 0.1) is 32.7 Å². The van der Waals surface area contributed by atoms with Crippen LogP contribution in [0.3, 0.4) is 0 Å². The van der Waals surface area contributed by atoms with E-state index in [1.54, 1.807) is 12.1 Å². The first kappa shape index (κ1) is 19.7. The molecular weight excluding hydrogens is 396 g/mol. The van der Waals surface area contributed by atoms with Crippen LogP contribution in [0.25, 0.3) is 5.69 Å². The second kappa shape index (κ2) is 7.66. The van der Waals surface area contributed by atoms with Gasteiger partial charge in [0.25, 0.3) is 0 Å². The number of nitrogens with zero attached hydrogens (tertiary/aromatic N) is 2. The summed E-state index contributed by atoms with van der Waals surface area (Å²) in [5.41, 5.74) is 1.44. The molecule has 0 radical (unpaired) electrons.